The molecule has 14 heteroatoms. The van der Waals surface area contributed by atoms with Crippen molar-refractivity contribution in [3.05, 3.63) is 23.8 Å². The van der Waals surface area contributed by atoms with Gasteiger partial charge in [-0.25, -0.2) is 0 Å². The van der Waals surface area contributed by atoms with E-state index in [9.17, 15) is 34.2 Å². The largest absolute Gasteiger partial charge is 0.459 e. The molecule has 0 aromatic carbocycles. The second kappa shape index (κ2) is 11.3. The van der Waals surface area contributed by atoms with Gasteiger partial charge in [0, 0.05) is 39.5 Å². The van der Waals surface area contributed by atoms with Crippen LogP contribution in [0.15, 0.2) is 23.8 Å². The van der Waals surface area contributed by atoms with E-state index in [-0.39, 0.29) is 12.5 Å². The second-order valence-corrected chi connectivity index (χ2v) is 11.7. The van der Waals surface area contributed by atoms with Gasteiger partial charge in [0.15, 0.2) is 23.9 Å². The molecule has 42 heavy (non-hydrogen) atoms. The summed E-state index contributed by atoms with van der Waals surface area (Å²) in [6.07, 6.45) is -4.86. The standard InChI is InChI=1S/C28H35ClO13/c1-12-25(35)42-19-9-17(10-29)7-8-18(38-13(2)30)26(6)21(24(28(12,19)36)41-16(5)33)27(11-37-27)22(34)20(39-14(3)31)23(26)40-15(4)32/h7-9,12,18-24,34,36H,10-11H2,1-6H3/b8-7-,17-9+/t12-,18-,19-,20-,21?,22+,23-,24-,26+,27-,28-/m0/s1. The highest BCUT2D eigenvalue weighted by Crippen LogP contribution is 2.62. The summed E-state index contributed by atoms with van der Waals surface area (Å²) in [5.74, 6) is -6.86. The number of ether oxygens (including phenoxy) is 6. The Balaban J connectivity index is 2.12. The lowest BCUT2D eigenvalue weighted by Crippen LogP contribution is -2.75. The number of carbonyl (C=O) groups is 5. The van der Waals surface area contributed by atoms with Crippen molar-refractivity contribution in [1.82, 2.24) is 0 Å². The molecule has 0 bridgehead atoms. The molecule has 0 amide bonds. The predicted molar refractivity (Wildman–Crippen MR) is 140 cm³/mol. The van der Waals surface area contributed by atoms with Crippen LogP contribution in [0.1, 0.15) is 41.5 Å². The van der Waals surface area contributed by atoms with Crippen LogP contribution >= 0.6 is 11.6 Å². The monoisotopic (exact) mass is 614 g/mol. The first-order valence-corrected chi connectivity index (χ1v) is 14.0. The fraction of sp³-hybridized carbons (Fsp3) is 0.679. The van der Waals surface area contributed by atoms with Crippen LogP contribution in [0.2, 0.25) is 0 Å². The maximum Gasteiger partial charge on any atom is 0.312 e. The highest BCUT2D eigenvalue weighted by Gasteiger charge is 2.80. The van der Waals surface area contributed by atoms with Crippen molar-refractivity contribution in [2.24, 2.45) is 17.3 Å². The van der Waals surface area contributed by atoms with Gasteiger partial charge in [0.05, 0.1) is 17.9 Å². The number of rotatable bonds is 5. The number of hydrogen-bond acceptors (Lipinski definition) is 13. The molecular weight excluding hydrogens is 580 g/mol. The molecule has 0 radical (unpaired) electrons. The number of esters is 5. The van der Waals surface area contributed by atoms with E-state index in [2.05, 4.69) is 0 Å². The van der Waals surface area contributed by atoms with E-state index in [4.69, 9.17) is 40.0 Å². The Labute approximate surface area is 247 Å². The first kappa shape index (κ1) is 31.9. The minimum atomic E-state index is -2.29. The van der Waals surface area contributed by atoms with Crippen LogP contribution in [0.5, 0.6) is 0 Å². The smallest absolute Gasteiger partial charge is 0.312 e. The van der Waals surface area contributed by atoms with Gasteiger partial charge in [-0.05, 0) is 24.6 Å². The normalized spacial score (nSPS) is 44.3. The highest BCUT2D eigenvalue weighted by atomic mass is 35.5. The fourth-order valence-electron chi connectivity index (χ4n) is 6.77. The van der Waals surface area contributed by atoms with Crippen molar-refractivity contribution < 1.29 is 62.6 Å². The molecule has 232 valence electrons. The van der Waals surface area contributed by atoms with Crippen molar-refractivity contribution in [1.29, 1.82) is 0 Å². The Morgan fingerprint density at radius 1 is 1.00 bits per heavy atom. The molecule has 2 aliphatic carbocycles. The molecule has 1 saturated carbocycles. The SMILES string of the molecule is CC(=O)O[C@H]1[C@@H](O)[C@]2(CO2)C2[C@H](OC(C)=O)[C@@]3(O)[C@H](/C=C(CCl)\C=C/[C@H](OC(C)=O)[C@@]2(C)[C@H]1OC(C)=O)OC(=O)[C@@H]3C. The first-order chi connectivity index (χ1) is 19.5. The number of allylic oxidation sites excluding steroid dienone is 2. The number of hydrogen-bond donors (Lipinski definition) is 2. The van der Waals surface area contributed by atoms with Crippen LogP contribution in [0.25, 0.3) is 0 Å². The second-order valence-electron chi connectivity index (χ2n) is 11.4. The zero-order valence-corrected chi connectivity index (χ0v) is 24.8. The Morgan fingerprint density at radius 2 is 1.55 bits per heavy atom. The van der Waals surface area contributed by atoms with Gasteiger partial charge in [-0.2, -0.15) is 0 Å². The number of alkyl halides is 1. The molecule has 2 N–H and O–H groups in total. The molecule has 1 unspecified atom stereocenters. The lowest BCUT2D eigenvalue weighted by Gasteiger charge is -2.58. The molecular formula is C28H35ClO13. The van der Waals surface area contributed by atoms with Gasteiger partial charge in [-0.1, -0.05) is 13.0 Å². The van der Waals surface area contributed by atoms with Crippen molar-refractivity contribution >= 4 is 41.4 Å². The van der Waals surface area contributed by atoms with E-state index < -0.39 is 94.9 Å². The topological polar surface area (TPSA) is 184 Å². The quantitative estimate of drug-likeness (QED) is 0.189. The fourth-order valence-corrected chi connectivity index (χ4v) is 6.95. The maximum absolute atomic E-state index is 13.0. The molecule has 2 heterocycles. The third-order valence-electron chi connectivity index (χ3n) is 8.70. The maximum atomic E-state index is 13.0. The van der Waals surface area contributed by atoms with Gasteiger partial charge in [0.2, 0.25) is 0 Å². The molecule has 3 fully saturated rings. The summed E-state index contributed by atoms with van der Waals surface area (Å²) < 4.78 is 34.2. The average molecular weight is 615 g/mol. The van der Waals surface area contributed by atoms with Crippen LogP contribution < -0.4 is 0 Å². The van der Waals surface area contributed by atoms with Gasteiger partial charge < -0.3 is 38.6 Å². The third kappa shape index (κ3) is 5.10. The Bertz CT molecular complexity index is 1220. The first-order valence-electron chi connectivity index (χ1n) is 13.4. The van der Waals surface area contributed by atoms with Gasteiger partial charge >= 0.3 is 29.8 Å². The molecule has 2 saturated heterocycles. The van der Waals surface area contributed by atoms with Gasteiger partial charge in [-0.3, -0.25) is 24.0 Å². The van der Waals surface area contributed by atoms with Crippen LogP contribution in [0, 0.1) is 17.3 Å². The zero-order valence-electron chi connectivity index (χ0n) is 24.0. The number of halogens is 1. The predicted octanol–water partition coefficient (Wildman–Crippen LogP) is 0.507. The molecule has 4 aliphatic rings. The van der Waals surface area contributed by atoms with Crippen molar-refractivity contribution in [2.75, 3.05) is 12.5 Å². The summed E-state index contributed by atoms with van der Waals surface area (Å²) in [6.45, 7) is 7.15. The number of epoxide rings is 1. The average Bonchev–Trinajstić information content (AvgIpc) is 3.64. The summed E-state index contributed by atoms with van der Waals surface area (Å²) in [6, 6.07) is 0. The van der Waals surface area contributed by atoms with Crippen LogP contribution in [0.4, 0.5) is 0 Å². The minimum absolute atomic E-state index is 0.130. The summed E-state index contributed by atoms with van der Waals surface area (Å²) in [5, 5.41) is 24.2. The van der Waals surface area contributed by atoms with Crippen LogP contribution in [-0.2, 0) is 52.4 Å². The lowest BCUT2D eigenvalue weighted by atomic mass is 9.51. The number of aliphatic hydroxyl groups excluding tert-OH is 1. The summed E-state index contributed by atoms with van der Waals surface area (Å²) in [4.78, 5) is 62.9. The highest BCUT2D eigenvalue weighted by molar-refractivity contribution is 6.19. The van der Waals surface area contributed by atoms with Crippen LogP contribution in [-0.4, -0.2) is 100 Å². The lowest BCUT2D eigenvalue weighted by molar-refractivity contribution is -0.276. The Kier molecular flexibility index (Phi) is 8.55. The van der Waals surface area contributed by atoms with E-state index in [1.54, 1.807) is 0 Å². The van der Waals surface area contributed by atoms with Crippen molar-refractivity contribution in [3.63, 3.8) is 0 Å². The molecule has 4 rings (SSSR count). The minimum Gasteiger partial charge on any atom is -0.459 e. The van der Waals surface area contributed by atoms with E-state index in [0.717, 1.165) is 27.7 Å². The Morgan fingerprint density at radius 3 is 2.05 bits per heavy atom. The van der Waals surface area contributed by atoms with E-state index in [1.165, 1.54) is 32.1 Å². The number of carbonyl (C=O) groups excluding carboxylic acids is 5. The van der Waals surface area contributed by atoms with E-state index in [0.29, 0.717) is 5.57 Å². The molecule has 0 aromatic heterocycles. The van der Waals surface area contributed by atoms with Crippen molar-refractivity contribution in [3.8, 4) is 0 Å². The molecule has 13 nitrogen and oxygen atoms in total. The molecule has 11 atom stereocenters. The zero-order chi connectivity index (χ0) is 31.4. The molecule has 0 aromatic rings. The van der Waals surface area contributed by atoms with E-state index in [1.807, 2.05) is 0 Å². The van der Waals surface area contributed by atoms with E-state index >= 15 is 0 Å². The molecule has 1 spiro atoms. The Hall–Kier alpha value is -3.00. The van der Waals surface area contributed by atoms with Gasteiger partial charge in [0.1, 0.15) is 23.9 Å². The number of aliphatic hydroxyl groups is 2. The van der Waals surface area contributed by atoms with Gasteiger partial charge in [-0.15, -0.1) is 11.6 Å². The summed E-state index contributed by atoms with van der Waals surface area (Å²) in [5.41, 5.74) is -5.39. The van der Waals surface area contributed by atoms with Gasteiger partial charge in [0.25, 0.3) is 0 Å². The van der Waals surface area contributed by atoms with Crippen molar-refractivity contribution in [2.45, 2.75) is 89.4 Å². The summed E-state index contributed by atoms with van der Waals surface area (Å²) >= 11 is 6.19. The van der Waals surface area contributed by atoms with Crippen LogP contribution in [0.3, 0.4) is 0 Å². The summed E-state index contributed by atoms with van der Waals surface area (Å²) in [7, 11) is 0. The number of fused-ring (bicyclic) bond motifs is 3. The third-order valence-corrected chi connectivity index (χ3v) is 9.01. The molecule has 2 aliphatic heterocycles.